The van der Waals surface area contributed by atoms with Crippen molar-refractivity contribution in [2.45, 2.75) is 33.0 Å². The molecular formula is C44H38ClFN4O8S. The molecule has 7 rings (SSSR count). The van der Waals surface area contributed by atoms with Gasteiger partial charge in [0.1, 0.15) is 53.2 Å². The van der Waals surface area contributed by atoms with E-state index in [9.17, 15) is 19.4 Å². The lowest BCUT2D eigenvalue weighted by Gasteiger charge is -2.20. The summed E-state index contributed by atoms with van der Waals surface area (Å²) in [5.41, 5.74) is 4.37. The van der Waals surface area contributed by atoms with Crippen LogP contribution in [-0.4, -0.2) is 69.2 Å². The number of phenols is 1. The lowest BCUT2D eigenvalue weighted by Crippen LogP contribution is -2.32. The van der Waals surface area contributed by atoms with Crippen LogP contribution in [0.5, 0.6) is 28.9 Å². The summed E-state index contributed by atoms with van der Waals surface area (Å²) < 4.78 is 43.8. The van der Waals surface area contributed by atoms with E-state index in [1.54, 1.807) is 69.6 Å². The van der Waals surface area contributed by atoms with E-state index in [-0.39, 0.29) is 49.5 Å². The first-order valence-electron chi connectivity index (χ1n) is 18.5. The second-order valence-corrected chi connectivity index (χ2v) is 14.4. The number of thiophene rings is 1. The summed E-state index contributed by atoms with van der Waals surface area (Å²) in [6.07, 6.45) is 1.66. The molecule has 0 aliphatic heterocycles. The topological polar surface area (TPSA) is 155 Å². The fourth-order valence-electron chi connectivity index (χ4n) is 6.44. The molecule has 302 valence electrons. The zero-order chi connectivity index (χ0) is 41.5. The van der Waals surface area contributed by atoms with Gasteiger partial charge in [-0.05, 0) is 85.1 Å². The number of rotatable bonds is 16. The predicted molar refractivity (Wildman–Crippen MR) is 222 cm³/mol. The number of hydrogen-bond acceptors (Lipinski definition) is 13. The van der Waals surface area contributed by atoms with Crippen LogP contribution in [0.3, 0.4) is 0 Å². The molecule has 0 radical (unpaired) electrons. The van der Waals surface area contributed by atoms with Gasteiger partial charge in [-0.25, -0.2) is 29.1 Å². The number of phenolic OH excluding ortho intramolecular Hbond substituents is 1. The lowest BCUT2D eigenvalue weighted by atomic mass is 9.96. The van der Waals surface area contributed by atoms with Gasteiger partial charge in [0, 0.05) is 28.6 Å². The Balaban J connectivity index is 1.28. The SMILES string of the molecule is CCOC(=O)C(Cc1cc(OCCO)ccc1OCc1ccnc(-c2ccccc2OC)n1)Oc1ncnc2sc(-c3ccc(F)cc3)c(-c3ccc(O)c(Cl)c3C)c12. The molecule has 15 heteroatoms. The molecule has 1 atom stereocenters. The number of nitrogens with zero attached hydrogens (tertiary/aromatic N) is 4. The molecule has 0 bridgehead atoms. The van der Waals surface area contributed by atoms with Crippen molar-refractivity contribution in [1.82, 2.24) is 19.9 Å². The summed E-state index contributed by atoms with van der Waals surface area (Å²) in [7, 11) is 1.58. The van der Waals surface area contributed by atoms with Crippen LogP contribution in [0, 0.1) is 12.7 Å². The highest BCUT2D eigenvalue weighted by atomic mass is 35.5. The zero-order valence-corrected chi connectivity index (χ0v) is 33.7. The Kier molecular flexibility index (Phi) is 12.8. The minimum absolute atomic E-state index is 0.0427. The average Bonchev–Trinajstić information content (AvgIpc) is 3.65. The van der Waals surface area contributed by atoms with Crippen molar-refractivity contribution < 1.29 is 43.1 Å². The van der Waals surface area contributed by atoms with Crippen LogP contribution in [0.15, 0.2) is 97.5 Å². The van der Waals surface area contributed by atoms with Crippen molar-refractivity contribution in [3.05, 3.63) is 125 Å². The number of carbonyl (C=O) groups is 1. The fraction of sp³-hybridized carbons (Fsp3) is 0.205. The maximum atomic E-state index is 14.1. The predicted octanol–water partition coefficient (Wildman–Crippen LogP) is 8.80. The van der Waals surface area contributed by atoms with Crippen LogP contribution in [0.25, 0.3) is 43.2 Å². The van der Waals surface area contributed by atoms with Crippen LogP contribution in [0.4, 0.5) is 4.39 Å². The van der Waals surface area contributed by atoms with Gasteiger partial charge in [-0.2, -0.15) is 0 Å². The van der Waals surface area contributed by atoms with E-state index in [1.807, 2.05) is 24.3 Å². The molecule has 0 fully saturated rings. The largest absolute Gasteiger partial charge is 0.506 e. The Labute approximate surface area is 347 Å². The Morgan fingerprint density at radius 3 is 2.54 bits per heavy atom. The van der Waals surface area contributed by atoms with E-state index >= 15 is 0 Å². The molecule has 0 saturated carbocycles. The molecule has 0 saturated heterocycles. The van der Waals surface area contributed by atoms with Crippen LogP contribution >= 0.6 is 22.9 Å². The maximum Gasteiger partial charge on any atom is 0.347 e. The van der Waals surface area contributed by atoms with Crippen LogP contribution < -0.4 is 18.9 Å². The third kappa shape index (κ3) is 9.04. The average molecular weight is 837 g/mol. The van der Waals surface area contributed by atoms with Crippen LogP contribution in [0.1, 0.15) is 23.7 Å². The number of benzene rings is 4. The summed E-state index contributed by atoms with van der Waals surface area (Å²) in [4.78, 5) is 33.3. The summed E-state index contributed by atoms with van der Waals surface area (Å²) in [5, 5.41) is 20.5. The smallest absolute Gasteiger partial charge is 0.347 e. The Bertz CT molecular complexity index is 2610. The van der Waals surface area contributed by atoms with Gasteiger partial charge in [0.15, 0.2) is 5.82 Å². The van der Waals surface area contributed by atoms with Crippen molar-refractivity contribution in [3.63, 3.8) is 0 Å². The summed E-state index contributed by atoms with van der Waals surface area (Å²) in [6.45, 7) is 3.43. The van der Waals surface area contributed by atoms with Crippen molar-refractivity contribution in [2.75, 3.05) is 26.9 Å². The van der Waals surface area contributed by atoms with Crippen LogP contribution in [0.2, 0.25) is 5.02 Å². The third-order valence-corrected chi connectivity index (χ3v) is 10.9. The number of aliphatic hydroxyl groups excluding tert-OH is 1. The van der Waals surface area contributed by atoms with Gasteiger partial charge < -0.3 is 33.9 Å². The van der Waals surface area contributed by atoms with Gasteiger partial charge in [0.2, 0.25) is 12.0 Å². The molecule has 59 heavy (non-hydrogen) atoms. The number of aromatic hydroxyl groups is 1. The minimum atomic E-state index is -1.26. The van der Waals surface area contributed by atoms with Gasteiger partial charge in [-0.3, -0.25) is 0 Å². The van der Waals surface area contributed by atoms with E-state index < -0.39 is 17.9 Å². The number of aliphatic hydroxyl groups is 1. The first-order chi connectivity index (χ1) is 28.7. The molecule has 4 aromatic carbocycles. The molecule has 3 aromatic heterocycles. The number of carbonyl (C=O) groups excluding carboxylic acids is 1. The third-order valence-electron chi connectivity index (χ3n) is 9.23. The molecule has 0 aliphatic rings. The Morgan fingerprint density at radius 1 is 0.949 bits per heavy atom. The number of halogens is 2. The van der Waals surface area contributed by atoms with E-state index in [2.05, 4.69) is 15.0 Å². The number of para-hydroxylation sites is 1. The molecule has 3 heterocycles. The molecule has 0 spiro atoms. The highest BCUT2D eigenvalue weighted by molar-refractivity contribution is 7.22. The number of esters is 1. The van der Waals surface area contributed by atoms with Gasteiger partial charge in [0.25, 0.3) is 0 Å². The lowest BCUT2D eigenvalue weighted by molar-refractivity contribution is -0.151. The molecule has 7 aromatic rings. The monoisotopic (exact) mass is 836 g/mol. The van der Waals surface area contributed by atoms with E-state index in [1.165, 1.54) is 35.9 Å². The van der Waals surface area contributed by atoms with E-state index in [4.69, 9.17) is 40.3 Å². The number of ether oxygens (including phenoxy) is 5. The number of methoxy groups -OCH3 is 1. The molecule has 0 aliphatic carbocycles. The second kappa shape index (κ2) is 18.5. The van der Waals surface area contributed by atoms with Crippen molar-refractivity contribution in [1.29, 1.82) is 0 Å². The Hall–Kier alpha value is -6.35. The number of hydrogen-bond donors (Lipinski definition) is 2. The van der Waals surface area contributed by atoms with Crippen molar-refractivity contribution in [3.8, 4) is 61.8 Å². The van der Waals surface area contributed by atoms with E-state index in [0.29, 0.717) is 71.7 Å². The van der Waals surface area contributed by atoms with Gasteiger partial charge >= 0.3 is 5.97 Å². The normalized spacial score (nSPS) is 11.6. The van der Waals surface area contributed by atoms with Crippen LogP contribution in [-0.2, 0) is 22.6 Å². The first-order valence-corrected chi connectivity index (χ1v) is 19.7. The quantitative estimate of drug-likeness (QED) is 0.0894. The van der Waals surface area contributed by atoms with Gasteiger partial charge in [-0.1, -0.05) is 41.9 Å². The number of aromatic nitrogens is 4. The first kappa shape index (κ1) is 40.8. The summed E-state index contributed by atoms with van der Waals surface area (Å²) in [6, 6.07) is 23.5. The summed E-state index contributed by atoms with van der Waals surface area (Å²) in [5.74, 6) is 0.853. The molecule has 0 amide bonds. The molecule has 2 N–H and O–H groups in total. The Morgan fingerprint density at radius 2 is 1.76 bits per heavy atom. The van der Waals surface area contributed by atoms with Crippen molar-refractivity contribution in [2.24, 2.45) is 0 Å². The summed E-state index contributed by atoms with van der Waals surface area (Å²) >= 11 is 7.89. The highest BCUT2D eigenvalue weighted by Crippen LogP contribution is 2.49. The fourth-order valence-corrected chi connectivity index (χ4v) is 7.76. The van der Waals surface area contributed by atoms with Gasteiger partial charge in [-0.15, -0.1) is 11.3 Å². The second-order valence-electron chi connectivity index (χ2n) is 13.0. The standard InChI is InChI=1S/C44H38ClFN4O8S/c1-4-55-44(53)36(22-27-21-30(56-20-19-51)13-16-34(27)57-23-29-17-18-47-41(50-29)32-7-5-6-8-35(32)54-3)58-42-38-37(31-14-15-33(52)39(45)25(31)2)40(59-43(38)49-24-48-42)26-9-11-28(46)12-10-26/h5-18,21,24,36,51-52H,4,19-20,22-23H2,1-3H3. The zero-order valence-electron chi connectivity index (χ0n) is 32.1. The van der Waals surface area contributed by atoms with Gasteiger partial charge in [0.05, 0.1) is 42.0 Å². The molecule has 12 nitrogen and oxygen atoms in total. The molecular weight excluding hydrogens is 799 g/mol. The molecule has 1 unspecified atom stereocenters. The minimum Gasteiger partial charge on any atom is -0.506 e. The number of fused-ring (bicyclic) bond motifs is 1. The van der Waals surface area contributed by atoms with E-state index in [0.717, 1.165) is 5.56 Å². The highest BCUT2D eigenvalue weighted by Gasteiger charge is 2.29. The maximum absolute atomic E-state index is 14.1. The van der Waals surface area contributed by atoms with Crippen molar-refractivity contribution >= 4 is 39.1 Å².